The first-order chi connectivity index (χ1) is 10.6. The molecule has 0 aromatic heterocycles. The molecule has 2 aromatic rings. The number of aliphatic hydroxyl groups is 1. The smallest absolute Gasteiger partial charge is 0.251 e. The minimum Gasteiger partial charge on any atom is -0.494 e. The van der Waals surface area contributed by atoms with Crippen LogP contribution in [0.25, 0.3) is 0 Å². The Morgan fingerprint density at radius 1 is 1.23 bits per heavy atom. The standard InChI is InChI=1S/C16H15Cl2NO3/c1-22-15-12(17)7-11(8-13(15)18)16(21)19-14(9-20)10-5-3-2-4-6-10/h2-8,14,20H,9H2,1H3,(H,19,21). The van der Waals surface area contributed by atoms with Gasteiger partial charge in [-0.1, -0.05) is 53.5 Å². The highest BCUT2D eigenvalue weighted by molar-refractivity contribution is 6.37. The SMILES string of the molecule is COc1c(Cl)cc(C(=O)NC(CO)c2ccccc2)cc1Cl. The van der Waals surface area contributed by atoms with E-state index in [-0.39, 0.29) is 22.6 Å². The van der Waals surface area contributed by atoms with Crippen LogP contribution in [0.5, 0.6) is 5.75 Å². The van der Waals surface area contributed by atoms with E-state index < -0.39 is 6.04 Å². The lowest BCUT2D eigenvalue weighted by atomic mass is 10.1. The van der Waals surface area contributed by atoms with Gasteiger partial charge in [0.25, 0.3) is 5.91 Å². The molecule has 2 aromatic carbocycles. The fraction of sp³-hybridized carbons (Fsp3) is 0.188. The van der Waals surface area contributed by atoms with E-state index in [1.54, 1.807) is 0 Å². The van der Waals surface area contributed by atoms with Gasteiger partial charge in [-0.2, -0.15) is 0 Å². The van der Waals surface area contributed by atoms with Gasteiger partial charge in [0.2, 0.25) is 0 Å². The summed E-state index contributed by atoms with van der Waals surface area (Å²) < 4.78 is 5.05. The Balaban J connectivity index is 2.21. The van der Waals surface area contributed by atoms with Gasteiger partial charge in [-0.25, -0.2) is 0 Å². The number of benzene rings is 2. The first kappa shape index (κ1) is 16.6. The van der Waals surface area contributed by atoms with Gasteiger partial charge in [-0.05, 0) is 17.7 Å². The molecule has 0 saturated carbocycles. The summed E-state index contributed by atoms with van der Waals surface area (Å²) in [6.07, 6.45) is 0. The van der Waals surface area contributed by atoms with Crippen molar-refractivity contribution < 1.29 is 14.6 Å². The molecule has 0 aliphatic heterocycles. The van der Waals surface area contributed by atoms with Crippen molar-refractivity contribution in [2.45, 2.75) is 6.04 Å². The number of methoxy groups -OCH3 is 1. The quantitative estimate of drug-likeness (QED) is 0.876. The molecule has 2 N–H and O–H groups in total. The molecular weight excluding hydrogens is 325 g/mol. The Morgan fingerprint density at radius 2 is 1.82 bits per heavy atom. The van der Waals surface area contributed by atoms with Crippen LogP contribution >= 0.6 is 23.2 Å². The summed E-state index contributed by atoms with van der Waals surface area (Å²) in [4.78, 5) is 12.3. The molecule has 0 fully saturated rings. The molecule has 0 spiro atoms. The van der Waals surface area contributed by atoms with Crippen LogP contribution in [0.4, 0.5) is 0 Å². The van der Waals surface area contributed by atoms with Crippen molar-refractivity contribution in [3.05, 3.63) is 63.6 Å². The van der Waals surface area contributed by atoms with E-state index in [9.17, 15) is 9.90 Å². The summed E-state index contributed by atoms with van der Waals surface area (Å²) in [5.41, 5.74) is 1.11. The number of nitrogens with one attached hydrogen (secondary N) is 1. The van der Waals surface area contributed by atoms with Crippen LogP contribution in [-0.2, 0) is 0 Å². The molecule has 6 heteroatoms. The summed E-state index contributed by atoms with van der Waals surface area (Å²) in [5, 5.41) is 12.7. The fourth-order valence-corrected chi connectivity index (χ4v) is 2.69. The van der Waals surface area contributed by atoms with Gasteiger partial charge >= 0.3 is 0 Å². The van der Waals surface area contributed by atoms with Crippen LogP contribution in [0.2, 0.25) is 10.0 Å². The maximum absolute atomic E-state index is 12.3. The van der Waals surface area contributed by atoms with Crippen LogP contribution in [-0.4, -0.2) is 24.7 Å². The molecule has 0 radical (unpaired) electrons. The molecule has 0 aliphatic rings. The minimum atomic E-state index is -0.506. The zero-order chi connectivity index (χ0) is 16.1. The van der Waals surface area contributed by atoms with Crippen LogP contribution in [0.15, 0.2) is 42.5 Å². The van der Waals surface area contributed by atoms with E-state index in [0.717, 1.165) is 5.56 Å². The van der Waals surface area contributed by atoms with Gasteiger partial charge in [0.15, 0.2) is 5.75 Å². The zero-order valence-electron chi connectivity index (χ0n) is 11.8. The molecule has 4 nitrogen and oxygen atoms in total. The number of aliphatic hydroxyl groups excluding tert-OH is 1. The van der Waals surface area contributed by atoms with E-state index in [2.05, 4.69) is 5.32 Å². The molecule has 0 saturated heterocycles. The summed E-state index contributed by atoms with van der Waals surface area (Å²) in [6.45, 7) is -0.215. The minimum absolute atomic E-state index is 0.215. The first-order valence-corrected chi connectivity index (χ1v) is 7.32. The van der Waals surface area contributed by atoms with Gasteiger partial charge in [-0.3, -0.25) is 4.79 Å². The highest BCUT2D eigenvalue weighted by Gasteiger charge is 2.17. The van der Waals surface area contributed by atoms with Gasteiger partial charge in [0, 0.05) is 5.56 Å². The van der Waals surface area contributed by atoms with Crippen molar-refractivity contribution in [3.63, 3.8) is 0 Å². The number of ether oxygens (including phenoxy) is 1. The number of carbonyl (C=O) groups is 1. The number of rotatable bonds is 5. The Hall–Kier alpha value is -1.75. The largest absolute Gasteiger partial charge is 0.494 e. The molecule has 1 unspecified atom stereocenters. The second-order valence-electron chi connectivity index (χ2n) is 4.59. The first-order valence-electron chi connectivity index (χ1n) is 6.56. The van der Waals surface area contributed by atoms with Crippen molar-refractivity contribution >= 4 is 29.1 Å². The average molecular weight is 340 g/mol. The third-order valence-electron chi connectivity index (χ3n) is 3.15. The van der Waals surface area contributed by atoms with Gasteiger partial charge in [-0.15, -0.1) is 0 Å². The highest BCUT2D eigenvalue weighted by atomic mass is 35.5. The van der Waals surface area contributed by atoms with E-state index in [4.69, 9.17) is 27.9 Å². The Kier molecular flexibility index (Phi) is 5.66. The van der Waals surface area contributed by atoms with Crippen molar-refractivity contribution in [2.75, 3.05) is 13.7 Å². The molecule has 1 amide bonds. The summed E-state index contributed by atoms with van der Waals surface area (Å²) >= 11 is 12.1. The molecule has 0 bridgehead atoms. The van der Waals surface area contributed by atoms with Gasteiger partial charge in [0.1, 0.15) is 0 Å². The van der Waals surface area contributed by atoms with E-state index in [1.165, 1.54) is 19.2 Å². The van der Waals surface area contributed by atoms with Gasteiger partial charge in [0.05, 0.1) is 29.8 Å². The van der Waals surface area contributed by atoms with Crippen LogP contribution in [0.1, 0.15) is 22.0 Å². The molecule has 0 heterocycles. The van der Waals surface area contributed by atoms with E-state index in [0.29, 0.717) is 11.3 Å². The third kappa shape index (κ3) is 3.71. The average Bonchev–Trinajstić information content (AvgIpc) is 2.52. The van der Waals surface area contributed by atoms with E-state index >= 15 is 0 Å². The molecule has 22 heavy (non-hydrogen) atoms. The topological polar surface area (TPSA) is 58.6 Å². The van der Waals surface area contributed by atoms with Crippen molar-refractivity contribution in [1.29, 1.82) is 0 Å². The number of carbonyl (C=O) groups excluding carboxylic acids is 1. The Labute approximate surface area is 138 Å². The highest BCUT2D eigenvalue weighted by Crippen LogP contribution is 2.33. The second kappa shape index (κ2) is 7.49. The lowest BCUT2D eigenvalue weighted by Crippen LogP contribution is -2.30. The molecule has 2 rings (SSSR count). The third-order valence-corrected chi connectivity index (χ3v) is 3.72. The maximum atomic E-state index is 12.3. The van der Waals surface area contributed by atoms with Crippen molar-refractivity contribution in [2.24, 2.45) is 0 Å². The van der Waals surface area contributed by atoms with E-state index in [1.807, 2.05) is 30.3 Å². The van der Waals surface area contributed by atoms with Crippen molar-refractivity contribution in [3.8, 4) is 5.75 Å². The molecule has 116 valence electrons. The molecule has 1 atom stereocenters. The number of hydrogen-bond donors (Lipinski definition) is 2. The zero-order valence-corrected chi connectivity index (χ0v) is 13.4. The molecule has 0 aliphatic carbocycles. The number of hydrogen-bond acceptors (Lipinski definition) is 3. The number of amides is 1. The summed E-state index contributed by atoms with van der Waals surface area (Å²) in [5.74, 6) is -0.0593. The lowest BCUT2D eigenvalue weighted by Gasteiger charge is -2.17. The second-order valence-corrected chi connectivity index (χ2v) is 5.41. The van der Waals surface area contributed by atoms with Crippen LogP contribution in [0, 0.1) is 0 Å². The monoisotopic (exact) mass is 339 g/mol. The Morgan fingerprint density at radius 3 is 2.32 bits per heavy atom. The number of halogens is 2. The Bertz CT molecular complexity index is 639. The maximum Gasteiger partial charge on any atom is 0.251 e. The van der Waals surface area contributed by atoms with Gasteiger partial charge < -0.3 is 15.2 Å². The fourth-order valence-electron chi connectivity index (χ4n) is 2.05. The summed E-state index contributed by atoms with van der Waals surface area (Å²) in [7, 11) is 1.45. The normalized spacial score (nSPS) is 11.8. The predicted molar refractivity (Wildman–Crippen MR) is 86.7 cm³/mol. The van der Waals surface area contributed by atoms with Crippen molar-refractivity contribution in [1.82, 2.24) is 5.32 Å². The van der Waals surface area contributed by atoms with Crippen LogP contribution < -0.4 is 10.1 Å². The van der Waals surface area contributed by atoms with Crippen LogP contribution in [0.3, 0.4) is 0 Å². The predicted octanol–water partition coefficient (Wildman–Crippen LogP) is 3.47. The lowest BCUT2D eigenvalue weighted by molar-refractivity contribution is 0.0916. The summed E-state index contributed by atoms with van der Waals surface area (Å²) in [6, 6.07) is 11.6. The molecular formula is C16H15Cl2NO3.